The Bertz CT molecular complexity index is 934. The van der Waals surface area contributed by atoms with Crippen LogP contribution in [0.25, 0.3) is 10.1 Å². The van der Waals surface area contributed by atoms with Gasteiger partial charge in [-0.05, 0) is 30.2 Å². The number of fused-ring (bicyclic) bond motifs is 1. The maximum Gasteiger partial charge on any atom is 0.283 e. The molecule has 24 heavy (non-hydrogen) atoms. The Morgan fingerprint density at radius 3 is 2.67 bits per heavy atom. The largest absolute Gasteiger partial charge is 0.283 e. The van der Waals surface area contributed by atoms with Crippen molar-refractivity contribution in [3.05, 3.63) is 69.0 Å². The lowest BCUT2D eigenvalue weighted by molar-refractivity contribution is 0.0959. The first kappa shape index (κ1) is 17.0. The molecular weight excluding hydrogens is 363 g/mol. The van der Waals surface area contributed by atoms with E-state index in [1.54, 1.807) is 6.07 Å². The van der Waals surface area contributed by atoms with Gasteiger partial charge in [0.15, 0.2) is 0 Å². The topological polar surface area (TPSA) is 41.5 Å². The molecule has 3 aromatic rings. The molecule has 0 saturated heterocycles. The normalized spacial score (nSPS) is 11.7. The Balaban J connectivity index is 1.86. The lowest BCUT2D eigenvalue weighted by Gasteiger charge is -2.05. The zero-order valence-corrected chi connectivity index (χ0v) is 15.2. The van der Waals surface area contributed by atoms with E-state index in [4.69, 9.17) is 23.2 Å². The Morgan fingerprint density at radius 1 is 1.17 bits per heavy atom. The third-order valence-electron chi connectivity index (χ3n) is 3.53. The summed E-state index contributed by atoms with van der Waals surface area (Å²) in [5, 5.41) is 6.22. The fourth-order valence-electron chi connectivity index (χ4n) is 2.34. The molecule has 2 aromatic carbocycles. The van der Waals surface area contributed by atoms with Crippen LogP contribution in [0.5, 0.6) is 0 Å². The van der Waals surface area contributed by atoms with E-state index in [2.05, 4.69) is 10.5 Å². The number of hydrogen-bond donors (Lipinski definition) is 1. The van der Waals surface area contributed by atoms with E-state index in [-0.39, 0.29) is 5.91 Å². The molecule has 3 nitrogen and oxygen atoms in total. The van der Waals surface area contributed by atoms with Crippen LogP contribution in [0.3, 0.4) is 0 Å². The summed E-state index contributed by atoms with van der Waals surface area (Å²) < 4.78 is 0.974. The molecule has 0 aliphatic rings. The summed E-state index contributed by atoms with van der Waals surface area (Å²) in [6, 6.07) is 15.0. The highest BCUT2D eigenvalue weighted by Gasteiger charge is 2.16. The number of nitrogens with one attached hydrogen (secondary N) is 1. The first-order chi connectivity index (χ1) is 11.6. The minimum absolute atomic E-state index is 0.311. The summed E-state index contributed by atoms with van der Waals surface area (Å²) in [7, 11) is 0. The highest BCUT2D eigenvalue weighted by atomic mass is 35.5. The molecule has 0 atom stereocenters. The molecular formula is C18H14Cl2N2OS. The highest BCUT2D eigenvalue weighted by molar-refractivity contribution is 7.21. The van der Waals surface area contributed by atoms with Gasteiger partial charge in [-0.2, -0.15) is 5.10 Å². The van der Waals surface area contributed by atoms with Crippen LogP contribution in [0, 0.1) is 0 Å². The number of nitrogens with zero attached hydrogens (tertiary/aromatic N) is 1. The number of rotatable bonds is 4. The van der Waals surface area contributed by atoms with Gasteiger partial charge in [0.05, 0.1) is 10.7 Å². The number of halogens is 2. The summed E-state index contributed by atoms with van der Waals surface area (Å²) in [6.07, 6.45) is 0.667. The van der Waals surface area contributed by atoms with Crippen molar-refractivity contribution in [3.8, 4) is 0 Å². The predicted molar refractivity (Wildman–Crippen MR) is 103 cm³/mol. The van der Waals surface area contributed by atoms with Crippen LogP contribution < -0.4 is 5.43 Å². The number of benzene rings is 2. The summed E-state index contributed by atoms with van der Waals surface area (Å²) in [4.78, 5) is 12.9. The summed E-state index contributed by atoms with van der Waals surface area (Å²) in [5.41, 5.74) is 4.24. The molecule has 0 fully saturated rings. The fraction of sp³-hybridized carbons (Fsp3) is 0.111. The van der Waals surface area contributed by atoms with Gasteiger partial charge in [0, 0.05) is 15.1 Å². The Hall–Kier alpha value is -1.88. The molecule has 1 N–H and O–H groups in total. The standard InChI is InChI=1S/C18H14Cl2N2OS/c1-2-14(11-6-5-7-12(19)10-11)21-22-18(23)17-16(20)13-8-3-4-9-15(13)24-17/h3-10H,2H2,1H3,(H,22,23). The van der Waals surface area contributed by atoms with Crippen LogP contribution >= 0.6 is 34.5 Å². The van der Waals surface area contributed by atoms with Gasteiger partial charge < -0.3 is 0 Å². The molecule has 3 rings (SSSR count). The van der Waals surface area contributed by atoms with Crippen molar-refractivity contribution in [2.45, 2.75) is 13.3 Å². The molecule has 1 aromatic heterocycles. The monoisotopic (exact) mass is 376 g/mol. The van der Waals surface area contributed by atoms with Crippen molar-refractivity contribution in [2.75, 3.05) is 0 Å². The maximum atomic E-state index is 12.4. The van der Waals surface area contributed by atoms with Crippen molar-refractivity contribution in [3.63, 3.8) is 0 Å². The lowest BCUT2D eigenvalue weighted by atomic mass is 10.1. The molecule has 1 amide bonds. The van der Waals surface area contributed by atoms with E-state index in [0.717, 1.165) is 21.4 Å². The summed E-state index contributed by atoms with van der Waals surface area (Å²) in [6.45, 7) is 1.97. The highest BCUT2D eigenvalue weighted by Crippen LogP contribution is 2.34. The smallest absolute Gasteiger partial charge is 0.266 e. The fourth-order valence-corrected chi connectivity index (χ4v) is 3.94. The second-order valence-electron chi connectivity index (χ2n) is 5.10. The number of carbonyl (C=O) groups is 1. The quantitative estimate of drug-likeness (QED) is 0.456. The average molecular weight is 377 g/mol. The summed E-state index contributed by atoms with van der Waals surface area (Å²) in [5.74, 6) is -0.311. The van der Waals surface area contributed by atoms with Crippen LogP contribution in [0.2, 0.25) is 10.0 Å². The first-order valence-corrected chi connectivity index (χ1v) is 8.97. The molecule has 1 heterocycles. The zero-order valence-electron chi connectivity index (χ0n) is 12.8. The van der Waals surface area contributed by atoms with Crippen molar-refractivity contribution >= 4 is 56.2 Å². The zero-order chi connectivity index (χ0) is 17.1. The number of carbonyl (C=O) groups excluding carboxylic acids is 1. The van der Waals surface area contributed by atoms with Crippen molar-refractivity contribution < 1.29 is 4.79 Å². The minimum atomic E-state index is -0.311. The summed E-state index contributed by atoms with van der Waals surface area (Å²) >= 11 is 13.7. The van der Waals surface area contributed by atoms with Gasteiger partial charge in [0.25, 0.3) is 5.91 Å². The SMILES string of the molecule is CCC(=NNC(=O)c1sc2ccccc2c1Cl)c1cccc(Cl)c1. The number of thiophene rings is 1. The van der Waals surface area contributed by atoms with Gasteiger partial charge in [-0.15, -0.1) is 11.3 Å². The van der Waals surface area contributed by atoms with E-state index >= 15 is 0 Å². The van der Waals surface area contributed by atoms with Gasteiger partial charge in [-0.25, -0.2) is 5.43 Å². The minimum Gasteiger partial charge on any atom is -0.266 e. The van der Waals surface area contributed by atoms with Crippen LogP contribution in [0.1, 0.15) is 28.6 Å². The van der Waals surface area contributed by atoms with Gasteiger partial charge in [0.1, 0.15) is 4.88 Å². The van der Waals surface area contributed by atoms with Gasteiger partial charge >= 0.3 is 0 Å². The second kappa shape index (κ2) is 7.34. The molecule has 6 heteroatoms. The van der Waals surface area contributed by atoms with E-state index in [9.17, 15) is 4.79 Å². The average Bonchev–Trinajstić information content (AvgIpc) is 2.93. The Kier molecular flexibility index (Phi) is 5.19. The number of hydrazone groups is 1. The molecule has 0 aliphatic carbocycles. The predicted octanol–water partition coefficient (Wildman–Crippen LogP) is 5.75. The van der Waals surface area contributed by atoms with Crippen molar-refractivity contribution in [1.82, 2.24) is 5.43 Å². The third-order valence-corrected chi connectivity index (χ3v) is 5.44. The Morgan fingerprint density at radius 2 is 1.96 bits per heavy atom. The van der Waals surface area contributed by atoms with Crippen LogP contribution in [0.15, 0.2) is 53.6 Å². The molecule has 0 bridgehead atoms. The molecule has 0 saturated carbocycles. The second-order valence-corrected chi connectivity index (χ2v) is 6.97. The first-order valence-electron chi connectivity index (χ1n) is 7.40. The van der Waals surface area contributed by atoms with Crippen LogP contribution in [-0.2, 0) is 0 Å². The van der Waals surface area contributed by atoms with E-state index in [1.165, 1.54) is 11.3 Å². The Labute approximate surface area is 153 Å². The van der Waals surface area contributed by atoms with Gasteiger partial charge in [-0.1, -0.05) is 60.5 Å². The van der Waals surface area contributed by atoms with Crippen molar-refractivity contribution in [1.29, 1.82) is 0 Å². The van der Waals surface area contributed by atoms with Crippen LogP contribution in [-0.4, -0.2) is 11.6 Å². The third kappa shape index (κ3) is 3.46. The molecule has 0 radical (unpaired) electrons. The molecule has 0 unspecified atom stereocenters. The van der Waals surface area contributed by atoms with E-state index in [1.807, 2.05) is 49.4 Å². The maximum absolute atomic E-state index is 12.4. The lowest BCUT2D eigenvalue weighted by Crippen LogP contribution is -2.19. The van der Waals surface area contributed by atoms with Gasteiger partial charge in [0.2, 0.25) is 0 Å². The molecule has 0 spiro atoms. The van der Waals surface area contributed by atoms with Crippen molar-refractivity contribution in [2.24, 2.45) is 5.10 Å². The molecule has 122 valence electrons. The van der Waals surface area contributed by atoms with Gasteiger partial charge in [-0.3, -0.25) is 4.79 Å². The van der Waals surface area contributed by atoms with E-state index < -0.39 is 0 Å². The number of hydrogen-bond acceptors (Lipinski definition) is 3. The number of amides is 1. The van der Waals surface area contributed by atoms with E-state index in [0.29, 0.717) is 21.3 Å². The van der Waals surface area contributed by atoms with Crippen LogP contribution in [0.4, 0.5) is 0 Å². The molecule has 0 aliphatic heterocycles.